The normalized spacial score (nSPS) is 14.7. The first-order valence-corrected chi connectivity index (χ1v) is 9.25. The summed E-state index contributed by atoms with van der Waals surface area (Å²) in [5.41, 5.74) is 1.23. The van der Waals surface area contributed by atoms with Crippen LogP contribution in [0.5, 0.6) is 11.5 Å². The molecule has 0 unspecified atom stereocenters. The monoisotopic (exact) mass is 385 g/mol. The lowest BCUT2D eigenvalue weighted by atomic mass is 10.1. The number of hydrogen-bond acceptors (Lipinski definition) is 7. The number of ether oxygens (including phenoxy) is 3. The van der Waals surface area contributed by atoms with Crippen molar-refractivity contribution in [2.75, 3.05) is 24.5 Å². The van der Waals surface area contributed by atoms with Gasteiger partial charge in [-0.05, 0) is 36.4 Å². The summed E-state index contributed by atoms with van der Waals surface area (Å²) in [5, 5.41) is 2.77. The molecule has 27 heavy (non-hydrogen) atoms. The fraction of sp³-hybridized carbons (Fsp3) is 0.211. The minimum Gasteiger partial charge on any atom is -0.454 e. The smallest absolute Gasteiger partial charge is 0.338 e. The van der Waals surface area contributed by atoms with Crippen LogP contribution in [0.25, 0.3) is 0 Å². The summed E-state index contributed by atoms with van der Waals surface area (Å²) in [7, 11) is 0. The Bertz CT molecular complexity index is 942. The van der Waals surface area contributed by atoms with Crippen molar-refractivity contribution in [2.45, 2.75) is 11.3 Å². The van der Waals surface area contributed by atoms with E-state index in [0.717, 1.165) is 4.90 Å². The number of fused-ring (bicyclic) bond motifs is 2. The third-order valence-corrected chi connectivity index (χ3v) is 5.18. The summed E-state index contributed by atoms with van der Waals surface area (Å²) < 4.78 is 15.6. The SMILES string of the molecule is O=C1CCSc2ccc(C(=O)OCC(=O)c3ccc4c(c3)OCO4)cc2N1. The second-order valence-corrected chi connectivity index (χ2v) is 7.06. The molecule has 2 aromatic carbocycles. The van der Waals surface area contributed by atoms with Crippen LogP contribution in [-0.4, -0.2) is 36.8 Å². The van der Waals surface area contributed by atoms with Crippen LogP contribution in [0.15, 0.2) is 41.3 Å². The van der Waals surface area contributed by atoms with Gasteiger partial charge in [-0.2, -0.15) is 0 Å². The molecule has 0 aromatic heterocycles. The Labute approximate surface area is 159 Å². The first kappa shape index (κ1) is 17.4. The highest BCUT2D eigenvalue weighted by molar-refractivity contribution is 7.99. The maximum atomic E-state index is 12.3. The fourth-order valence-corrected chi connectivity index (χ4v) is 3.65. The van der Waals surface area contributed by atoms with Gasteiger partial charge in [0, 0.05) is 22.6 Å². The summed E-state index contributed by atoms with van der Waals surface area (Å²) in [6, 6.07) is 9.76. The van der Waals surface area contributed by atoms with Crippen LogP contribution in [0, 0.1) is 0 Å². The van der Waals surface area contributed by atoms with Gasteiger partial charge in [-0.1, -0.05) is 0 Å². The van der Waals surface area contributed by atoms with Crippen LogP contribution < -0.4 is 14.8 Å². The van der Waals surface area contributed by atoms with Crippen LogP contribution in [0.1, 0.15) is 27.1 Å². The maximum Gasteiger partial charge on any atom is 0.338 e. The first-order chi connectivity index (χ1) is 13.1. The van der Waals surface area contributed by atoms with E-state index in [2.05, 4.69) is 5.32 Å². The van der Waals surface area contributed by atoms with Crippen LogP contribution in [-0.2, 0) is 9.53 Å². The Morgan fingerprint density at radius 1 is 1.07 bits per heavy atom. The van der Waals surface area contributed by atoms with Gasteiger partial charge >= 0.3 is 5.97 Å². The molecule has 2 aliphatic rings. The average molecular weight is 385 g/mol. The molecule has 8 heteroatoms. The van der Waals surface area contributed by atoms with Crippen LogP contribution in [0.3, 0.4) is 0 Å². The number of Topliss-reactive ketones (excluding diaryl/α,β-unsaturated/α-hetero) is 1. The van der Waals surface area contributed by atoms with Gasteiger partial charge in [0.25, 0.3) is 0 Å². The van der Waals surface area contributed by atoms with Crippen molar-refractivity contribution in [2.24, 2.45) is 0 Å². The van der Waals surface area contributed by atoms with E-state index in [1.54, 1.807) is 48.2 Å². The van der Waals surface area contributed by atoms with Crippen LogP contribution in [0.4, 0.5) is 5.69 Å². The second kappa shape index (κ2) is 7.32. The Kier molecular flexibility index (Phi) is 4.72. The Balaban J connectivity index is 1.42. The highest BCUT2D eigenvalue weighted by atomic mass is 32.2. The van der Waals surface area contributed by atoms with E-state index in [0.29, 0.717) is 34.9 Å². The number of carbonyl (C=O) groups is 3. The Morgan fingerprint density at radius 2 is 1.89 bits per heavy atom. The lowest BCUT2D eigenvalue weighted by Crippen LogP contribution is -2.15. The number of nitrogens with one attached hydrogen (secondary N) is 1. The molecule has 1 amide bonds. The molecule has 138 valence electrons. The van der Waals surface area contributed by atoms with Gasteiger partial charge in [0.05, 0.1) is 11.3 Å². The number of carbonyl (C=O) groups excluding carboxylic acids is 3. The van der Waals surface area contributed by atoms with Gasteiger partial charge in [0.1, 0.15) is 0 Å². The van der Waals surface area contributed by atoms with Crippen LogP contribution >= 0.6 is 11.8 Å². The van der Waals surface area contributed by atoms with Crippen LogP contribution in [0.2, 0.25) is 0 Å². The molecule has 0 spiro atoms. The number of anilines is 1. The van der Waals surface area contributed by atoms with Gasteiger partial charge < -0.3 is 19.5 Å². The fourth-order valence-electron chi connectivity index (χ4n) is 2.71. The number of hydrogen-bond donors (Lipinski definition) is 1. The molecule has 0 atom stereocenters. The molecule has 7 nitrogen and oxygen atoms in total. The van der Waals surface area contributed by atoms with Crippen molar-refractivity contribution in [1.29, 1.82) is 0 Å². The number of rotatable bonds is 4. The summed E-state index contributed by atoms with van der Waals surface area (Å²) >= 11 is 1.55. The van der Waals surface area contributed by atoms with Crippen molar-refractivity contribution in [1.82, 2.24) is 0 Å². The molecule has 4 rings (SSSR count). The topological polar surface area (TPSA) is 90.9 Å². The molecule has 0 saturated heterocycles. The predicted octanol–water partition coefficient (Wildman–Crippen LogP) is 2.89. The highest BCUT2D eigenvalue weighted by Gasteiger charge is 2.19. The summed E-state index contributed by atoms with van der Waals surface area (Å²) in [6.45, 7) is -0.272. The van der Waals surface area contributed by atoms with Gasteiger partial charge in [0.15, 0.2) is 23.9 Å². The molecular weight excluding hydrogens is 370 g/mol. The zero-order chi connectivity index (χ0) is 18.8. The van der Waals surface area contributed by atoms with Crippen molar-refractivity contribution in [3.8, 4) is 11.5 Å². The van der Waals surface area contributed by atoms with E-state index in [4.69, 9.17) is 14.2 Å². The Morgan fingerprint density at radius 3 is 2.78 bits per heavy atom. The molecule has 0 fully saturated rings. The first-order valence-electron chi connectivity index (χ1n) is 8.27. The molecule has 1 N–H and O–H groups in total. The molecular formula is C19H15NO6S. The summed E-state index contributed by atoms with van der Waals surface area (Å²) in [5.74, 6) is 0.687. The summed E-state index contributed by atoms with van der Waals surface area (Å²) in [4.78, 5) is 37.1. The number of amides is 1. The van der Waals surface area contributed by atoms with Gasteiger partial charge in [-0.15, -0.1) is 11.8 Å². The highest BCUT2D eigenvalue weighted by Crippen LogP contribution is 2.33. The number of benzene rings is 2. The van der Waals surface area contributed by atoms with E-state index in [9.17, 15) is 14.4 Å². The van der Waals surface area contributed by atoms with Gasteiger partial charge in [-0.3, -0.25) is 9.59 Å². The number of thioether (sulfide) groups is 1. The van der Waals surface area contributed by atoms with Crippen molar-refractivity contribution < 1.29 is 28.6 Å². The lowest BCUT2D eigenvalue weighted by Gasteiger charge is -2.09. The van der Waals surface area contributed by atoms with E-state index >= 15 is 0 Å². The zero-order valence-electron chi connectivity index (χ0n) is 14.2. The molecule has 0 radical (unpaired) electrons. The quantitative estimate of drug-likeness (QED) is 0.639. The second-order valence-electron chi connectivity index (χ2n) is 5.92. The van der Waals surface area contributed by atoms with Gasteiger partial charge in [0.2, 0.25) is 12.7 Å². The van der Waals surface area contributed by atoms with E-state index in [-0.39, 0.29) is 24.0 Å². The summed E-state index contributed by atoms with van der Waals surface area (Å²) in [6.07, 6.45) is 0.420. The third kappa shape index (κ3) is 3.75. The molecule has 2 aliphatic heterocycles. The lowest BCUT2D eigenvalue weighted by molar-refractivity contribution is -0.115. The average Bonchev–Trinajstić information content (AvgIpc) is 3.06. The molecule has 0 saturated carbocycles. The molecule has 0 aliphatic carbocycles. The largest absolute Gasteiger partial charge is 0.454 e. The van der Waals surface area contributed by atoms with E-state index in [1.165, 1.54) is 0 Å². The van der Waals surface area contributed by atoms with E-state index < -0.39 is 12.6 Å². The molecule has 2 aromatic rings. The maximum absolute atomic E-state index is 12.3. The van der Waals surface area contributed by atoms with E-state index in [1.807, 2.05) is 0 Å². The Hall–Kier alpha value is -3.00. The van der Waals surface area contributed by atoms with Gasteiger partial charge in [-0.25, -0.2) is 4.79 Å². The minimum atomic E-state index is -0.629. The van der Waals surface area contributed by atoms with Crippen molar-refractivity contribution in [3.63, 3.8) is 0 Å². The number of ketones is 1. The van der Waals surface area contributed by atoms with Crippen molar-refractivity contribution in [3.05, 3.63) is 47.5 Å². The standard InChI is InChI=1S/C19H15NO6S/c21-14(11-1-3-15-16(8-11)26-10-25-15)9-24-19(23)12-2-4-17-13(7-12)20-18(22)5-6-27-17/h1-4,7-8H,5-6,9-10H2,(H,20,22). The minimum absolute atomic E-state index is 0.0928. The molecule has 2 heterocycles. The third-order valence-electron chi connectivity index (χ3n) is 4.10. The van der Waals surface area contributed by atoms with Crippen molar-refractivity contribution >= 4 is 35.1 Å². The predicted molar refractivity (Wildman–Crippen MR) is 97.6 cm³/mol. The number of esters is 1. The molecule has 0 bridgehead atoms. The zero-order valence-corrected chi connectivity index (χ0v) is 15.0.